The summed E-state index contributed by atoms with van der Waals surface area (Å²) in [6.45, 7) is 0. The monoisotopic (exact) mass is 308 g/mol. The van der Waals surface area contributed by atoms with Crippen LogP contribution in [0.1, 0.15) is 51.4 Å². The van der Waals surface area contributed by atoms with Crippen molar-refractivity contribution in [2.75, 3.05) is 0 Å². The van der Waals surface area contributed by atoms with Crippen LogP contribution in [0, 0.1) is 0 Å². The van der Waals surface area contributed by atoms with Crippen molar-refractivity contribution in [1.29, 1.82) is 0 Å². The van der Waals surface area contributed by atoms with Gasteiger partial charge < -0.3 is 9.47 Å². The van der Waals surface area contributed by atoms with E-state index in [1.54, 1.807) is 0 Å². The summed E-state index contributed by atoms with van der Waals surface area (Å²) in [5.74, 6) is -0.819. The lowest BCUT2D eigenvalue weighted by molar-refractivity contribution is -0.148. The molecule has 2 aliphatic carbocycles. The van der Waals surface area contributed by atoms with Crippen molar-refractivity contribution < 1.29 is 28.7 Å². The zero-order chi connectivity index (χ0) is 15.9. The van der Waals surface area contributed by atoms with Crippen LogP contribution in [-0.4, -0.2) is 35.7 Å². The lowest BCUT2D eigenvalue weighted by Crippen LogP contribution is -2.24. The molecule has 22 heavy (non-hydrogen) atoms. The number of esters is 2. The van der Waals surface area contributed by atoms with Gasteiger partial charge in [0.1, 0.15) is 23.8 Å². The Morgan fingerprint density at radius 1 is 0.727 bits per heavy atom. The Hall–Kier alpha value is -1.98. The maximum absolute atomic E-state index is 11.6. The van der Waals surface area contributed by atoms with Crippen molar-refractivity contribution >= 4 is 23.5 Å². The third kappa shape index (κ3) is 5.42. The molecule has 0 aromatic heterocycles. The molecule has 6 heteroatoms. The fourth-order valence-electron chi connectivity index (χ4n) is 2.61. The molecule has 0 unspecified atom stereocenters. The number of carbonyl (C=O) groups excluding carboxylic acids is 4. The summed E-state index contributed by atoms with van der Waals surface area (Å²) in [4.78, 5) is 45.3. The van der Waals surface area contributed by atoms with Crippen LogP contribution in [0.25, 0.3) is 0 Å². The second-order valence-electron chi connectivity index (χ2n) is 5.68. The van der Waals surface area contributed by atoms with Gasteiger partial charge >= 0.3 is 11.9 Å². The molecule has 120 valence electrons. The first-order valence-corrected chi connectivity index (χ1v) is 7.65. The number of hydrogen-bond acceptors (Lipinski definition) is 6. The number of rotatable bonds is 4. The zero-order valence-electron chi connectivity index (χ0n) is 12.4. The molecule has 0 aromatic rings. The van der Waals surface area contributed by atoms with E-state index in [1.165, 1.54) is 0 Å². The fraction of sp³-hybridized carbons (Fsp3) is 0.625. The number of carbonyl (C=O) groups is 4. The molecule has 0 N–H and O–H groups in total. The summed E-state index contributed by atoms with van der Waals surface area (Å²) < 4.78 is 10.3. The first-order chi connectivity index (χ1) is 10.5. The van der Waals surface area contributed by atoms with Crippen LogP contribution in [0.5, 0.6) is 0 Å². The highest BCUT2D eigenvalue weighted by Gasteiger charge is 2.22. The van der Waals surface area contributed by atoms with Gasteiger partial charge in [0.15, 0.2) is 0 Å². The molecular formula is C16H20O6. The maximum atomic E-state index is 11.6. The number of ether oxygens (including phenoxy) is 2. The molecule has 0 atom stereocenters. The van der Waals surface area contributed by atoms with Gasteiger partial charge in [-0.05, 0) is 25.7 Å². The lowest BCUT2D eigenvalue weighted by Gasteiger charge is -2.21. The number of Topliss-reactive ketones (excluding diaryl/α,β-unsaturated/α-hetero) is 2. The zero-order valence-corrected chi connectivity index (χ0v) is 12.4. The van der Waals surface area contributed by atoms with Gasteiger partial charge in [-0.25, -0.2) is 9.59 Å². The Balaban J connectivity index is 1.69. The van der Waals surface area contributed by atoms with Gasteiger partial charge in [0.2, 0.25) is 0 Å². The van der Waals surface area contributed by atoms with Crippen molar-refractivity contribution in [3.05, 3.63) is 12.2 Å². The van der Waals surface area contributed by atoms with Gasteiger partial charge in [0.25, 0.3) is 0 Å². The van der Waals surface area contributed by atoms with Crippen LogP contribution < -0.4 is 0 Å². The minimum absolute atomic E-state index is 0.192. The molecule has 6 nitrogen and oxygen atoms in total. The van der Waals surface area contributed by atoms with Gasteiger partial charge in [0, 0.05) is 37.8 Å². The number of hydrogen-bond donors (Lipinski definition) is 0. The standard InChI is InChI=1S/C16H20O6/c17-11-1-5-13(6-2-11)21-15(19)9-10-16(20)22-14-7-3-12(18)4-8-14/h9-10,13-14H,1-8H2/b10-9-. The summed E-state index contributed by atoms with van der Waals surface area (Å²) >= 11 is 0. The van der Waals surface area contributed by atoms with E-state index < -0.39 is 11.9 Å². The lowest BCUT2D eigenvalue weighted by atomic mass is 9.96. The predicted molar refractivity (Wildman–Crippen MR) is 75.9 cm³/mol. The molecule has 0 spiro atoms. The average molecular weight is 308 g/mol. The maximum Gasteiger partial charge on any atom is 0.331 e. The van der Waals surface area contributed by atoms with Gasteiger partial charge in [-0.15, -0.1) is 0 Å². The smallest absolute Gasteiger partial charge is 0.331 e. The second kappa shape index (κ2) is 7.87. The molecule has 0 radical (unpaired) electrons. The van der Waals surface area contributed by atoms with E-state index in [1.807, 2.05) is 0 Å². The molecule has 0 aliphatic heterocycles. The molecule has 0 heterocycles. The Morgan fingerprint density at radius 3 is 1.36 bits per heavy atom. The molecule has 0 amide bonds. The molecule has 0 aromatic carbocycles. The van der Waals surface area contributed by atoms with Crippen LogP contribution in [0.3, 0.4) is 0 Å². The number of ketones is 2. The van der Waals surface area contributed by atoms with E-state index >= 15 is 0 Å². The summed E-state index contributed by atoms with van der Waals surface area (Å²) in [5.41, 5.74) is 0. The van der Waals surface area contributed by atoms with E-state index in [0.717, 1.165) is 12.2 Å². The summed E-state index contributed by atoms with van der Waals surface area (Å²) in [6.07, 6.45) is 5.49. The molecule has 2 rings (SSSR count). The van der Waals surface area contributed by atoms with E-state index in [2.05, 4.69) is 0 Å². The highest BCUT2D eigenvalue weighted by Crippen LogP contribution is 2.19. The SMILES string of the molecule is O=C1CCC(OC(=O)/C=C\C(=O)OC2CCC(=O)CC2)CC1. The molecule has 2 aliphatic rings. The van der Waals surface area contributed by atoms with Crippen molar-refractivity contribution in [2.45, 2.75) is 63.6 Å². The molecule has 0 saturated heterocycles. The first kappa shape index (κ1) is 16.4. The van der Waals surface area contributed by atoms with E-state index in [9.17, 15) is 19.2 Å². The average Bonchev–Trinajstić information content (AvgIpc) is 2.50. The third-order valence-corrected chi connectivity index (χ3v) is 3.90. The van der Waals surface area contributed by atoms with Crippen LogP contribution in [0.2, 0.25) is 0 Å². The van der Waals surface area contributed by atoms with Crippen LogP contribution in [-0.2, 0) is 28.7 Å². The summed E-state index contributed by atoms with van der Waals surface area (Å²) in [5, 5.41) is 0. The first-order valence-electron chi connectivity index (χ1n) is 7.65. The Bertz CT molecular complexity index is 429. The van der Waals surface area contributed by atoms with Crippen LogP contribution >= 0.6 is 0 Å². The molecule has 2 saturated carbocycles. The van der Waals surface area contributed by atoms with Gasteiger partial charge in [-0.1, -0.05) is 0 Å². The van der Waals surface area contributed by atoms with E-state index in [-0.39, 0.29) is 23.8 Å². The fourth-order valence-corrected chi connectivity index (χ4v) is 2.61. The van der Waals surface area contributed by atoms with Crippen LogP contribution in [0.4, 0.5) is 0 Å². The molecule has 0 bridgehead atoms. The van der Waals surface area contributed by atoms with E-state index in [0.29, 0.717) is 51.4 Å². The largest absolute Gasteiger partial charge is 0.459 e. The highest BCUT2D eigenvalue weighted by molar-refractivity contribution is 5.92. The van der Waals surface area contributed by atoms with Gasteiger partial charge in [-0.3, -0.25) is 9.59 Å². The topological polar surface area (TPSA) is 86.7 Å². The van der Waals surface area contributed by atoms with Crippen LogP contribution in [0.15, 0.2) is 12.2 Å². The van der Waals surface area contributed by atoms with Gasteiger partial charge in [0.05, 0.1) is 0 Å². The summed E-state index contributed by atoms with van der Waals surface area (Å²) in [6, 6.07) is 0. The van der Waals surface area contributed by atoms with E-state index in [4.69, 9.17) is 9.47 Å². The molecule has 2 fully saturated rings. The van der Waals surface area contributed by atoms with Crippen molar-refractivity contribution in [2.24, 2.45) is 0 Å². The Kier molecular flexibility index (Phi) is 5.86. The third-order valence-electron chi connectivity index (χ3n) is 3.90. The van der Waals surface area contributed by atoms with Crippen molar-refractivity contribution in [3.8, 4) is 0 Å². The quantitative estimate of drug-likeness (QED) is 0.580. The second-order valence-corrected chi connectivity index (χ2v) is 5.68. The predicted octanol–water partition coefficient (Wildman–Crippen LogP) is 1.65. The molecular weight excluding hydrogens is 288 g/mol. The van der Waals surface area contributed by atoms with Gasteiger partial charge in [-0.2, -0.15) is 0 Å². The minimum Gasteiger partial charge on any atom is -0.459 e. The Labute approximate surface area is 128 Å². The summed E-state index contributed by atoms with van der Waals surface area (Å²) in [7, 11) is 0. The van der Waals surface area contributed by atoms with Crippen molar-refractivity contribution in [3.63, 3.8) is 0 Å². The normalized spacial score (nSPS) is 21.1. The highest BCUT2D eigenvalue weighted by atomic mass is 16.5. The van der Waals surface area contributed by atoms with Crippen molar-refractivity contribution in [1.82, 2.24) is 0 Å². The Morgan fingerprint density at radius 2 is 1.05 bits per heavy atom. The minimum atomic E-state index is -0.602.